The molecule has 0 bridgehead atoms. The van der Waals surface area contributed by atoms with Crippen LogP contribution in [-0.2, 0) is 0 Å². The van der Waals surface area contributed by atoms with Gasteiger partial charge in [0.2, 0.25) is 5.95 Å². The average Bonchev–Trinajstić information content (AvgIpc) is 2.48. The molecule has 0 amide bonds. The van der Waals surface area contributed by atoms with Crippen LogP contribution in [0, 0.1) is 0 Å². The number of nitrogens with two attached hydrogens (primary N) is 1. The molecule has 3 rings (SSSR count). The Morgan fingerprint density at radius 3 is 2.84 bits per heavy atom. The lowest BCUT2D eigenvalue weighted by Crippen LogP contribution is -2.10. The summed E-state index contributed by atoms with van der Waals surface area (Å²) in [5.74, 6) is 5.67. The van der Waals surface area contributed by atoms with Crippen molar-refractivity contribution in [2.75, 3.05) is 5.43 Å². The average molecular weight is 270 g/mol. The number of hydrazine groups is 1. The molecule has 6 nitrogen and oxygen atoms in total. The van der Waals surface area contributed by atoms with Gasteiger partial charge in [-0.2, -0.15) is 0 Å². The molecular weight excluding hydrogens is 260 g/mol. The van der Waals surface area contributed by atoms with Gasteiger partial charge >= 0.3 is 0 Å². The second kappa shape index (κ2) is 5.17. The largest absolute Gasteiger partial charge is 0.292 e. The molecule has 0 saturated carbocycles. The second-order valence-electron chi connectivity index (χ2n) is 3.66. The van der Waals surface area contributed by atoms with Crippen molar-refractivity contribution in [3.05, 3.63) is 42.9 Å². The van der Waals surface area contributed by atoms with Crippen LogP contribution in [0.3, 0.4) is 0 Å². The van der Waals surface area contributed by atoms with Crippen molar-refractivity contribution < 1.29 is 0 Å². The van der Waals surface area contributed by atoms with Crippen molar-refractivity contribution in [1.29, 1.82) is 0 Å². The Labute approximate surface area is 113 Å². The van der Waals surface area contributed by atoms with Crippen LogP contribution in [0.4, 0.5) is 5.95 Å². The number of fused-ring (bicyclic) bond motifs is 1. The highest BCUT2D eigenvalue weighted by Crippen LogP contribution is 2.29. The summed E-state index contributed by atoms with van der Waals surface area (Å²) in [5.41, 5.74) is 3.33. The maximum absolute atomic E-state index is 5.29. The highest BCUT2D eigenvalue weighted by atomic mass is 32.2. The van der Waals surface area contributed by atoms with E-state index in [4.69, 9.17) is 5.84 Å². The van der Waals surface area contributed by atoms with Crippen LogP contribution in [0.1, 0.15) is 0 Å². The van der Waals surface area contributed by atoms with E-state index in [9.17, 15) is 0 Å². The minimum atomic E-state index is 0.378. The van der Waals surface area contributed by atoms with Gasteiger partial charge in [0.05, 0.1) is 5.52 Å². The SMILES string of the molecule is NNc1nccc(Sc2ncnc3ccccc23)n1. The van der Waals surface area contributed by atoms with Gasteiger partial charge in [0, 0.05) is 11.6 Å². The molecule has 0 aliphatic heterocycles. The van der Waals surface area contributed by atoms with Gasteiger partial charge in [0.25, 0.3) is 0 Å². The zero-order valence-corrected chi connectivity index (χ0v) is 10.6. The molecule has 0 aliphatic rings. The Balaban J connectivity index is 2.01. The molecule has 0 spiro atoms. The smallest absolute Gasteiger partial charge is 0.238 e. The van der Waals surface area contributed by atoms with Crippen LogP contribution < -0.4 is 11.3 Å². The summed E-state index contributed by atoms with van der Waals surface area (Å²) >= 11 is 1.45. The number of nitrogens with zero attached hydrogens (tertiary/aromatic N) is 4. The Morgan fingerprint density at radius 1 is 1.05 bits per heavy atom. The van der Waals surface area contributed by atoms with E-state index in [1.54, 1.807) is 12.5 Å². The maximum Gasteiger partial charge on any atom is 0.238 e. The molecule has 0 saturated heterocycles. The molecule has 1 aromatic carbocycles. The summed E-state index contributed by atoms with van der Waals surface area (Å²) in [5, 5.41) is 2.62. The van der Waals surface area contributed by atoms with Crippen LogP contribution in [0.15, 0.2) is 52.9 Å². The van der Waals surface area contributed by atoms with E-state index in [0.29, 0.717) is 5.95 Å². The summed E-state index contributed by atoms with van der Waals surface area (Å²) in [4.78, 5) is 16.7. The Hall–Kier alpha value is -2.25. The number of aromatic nitrogens is 4. The zero-order chi connectivity index (χ0) is 13.1. The third-order valence-corrected chi connectivity index (χ3v) is 3.42. The standard InChI is InChI=1S/C12H10N6S/c13-18-12-14-6-5-10(17-12)19-11-8-3-1-2-4-9(8)15-7-16-11/h1-7H,13H2,(H,14,17,18). The minimum absolute atomic E-state index is 0.378. The van der Waals surface area contributed by atoms with Crippen LogP contribution in [0.2, 0.25) is 0 Å². The predicted molar refractivity (Wildman–Crippen MR) is 73.5 cm³/mol. The third kappa shape index (κ3) is 2.47. The van der Waals surface area contributed by atoms with Crippen molar-refractivity contribution in [2.24, 2.45) is 5.84 Å². The Kier molecular flexibility index (Phi) is 3.21. The normalized spacial score (nSPS) is 10.6. The van der Waals surface area contributed by atoms with E-state index in [0.717, 1.165) is 21.0 Å². The first kappa shape index (κ1) is 11.8. The Bertz CT molecular complexity index is 712. The molecule has 0 fully saturated rings. The molecule has 7 heteroatoms. The zero-order valence-electron chi connectivity index (χ0n) is 9.82. The number of nitrogens with one attached hydrogen (secondary N) is 1. The summed E-state index contributed by atoms with van der Waals surface area (Å²) in [6, 6.07) is 9.66. The lowest BCUT2D eigenvalue weighted by atomic mass is 10.2. The monoisotopic (exact) mass is 270 g/mol. The second-order valence-corrected chi connectivity index (χ2v) is 4.67. The van der Waals surface area contributed by atoms with Crippen molar-refractivity contribution in [1.82, 2.24) is 19.9 Å². The summed E-state index contributed by atoms with van der Waals surface area (Å²) in [7, 11) is 0. The summed E-state index contributed by atoms with van der Waals surface area (Å²) in [6.45, 7) is 0. The van der Waals surface area contributed by atoms with Gasteiger partial charge < -0.3 is 0 Å². The van der Waals surface area contributed by atoms with Crippen molar-refractivity contribution in [3.63, 3.8) is 0 Å². The van der Waals surface area contributed by atoms with Gasteiger partial charge in [-0.3, -0.25) is 5.43 Å². The van der Waals surface area contributed by atoms with Gasteiger partial charge in [-0.15, -0.1) is 0 Å². The topological polar surface area (TPSA) is 89.6 Å². The van der Waals surface area contributed by atoms with Crippen molar-refractivity contribution in [2.45, 2.75) is 10.1 Å². The van der Waals surface area contributed by atoms with Gasteiger partial charge in [0.1, 0.15) is 16.4 Å². The van der Waals surface area contributed by atoms with Crippen LogP contribution >= 0.6 is 11.8 Å². The van der Waals surface area contributed by atoms with E-state index < -0.39 is 0 Å². The molecule has 2 aromatic heterocycles. The summed E-state index contributed by atoms with van der Waals surface area (Å²) < 4.78 is 0. The first-order valence-corrected chi connectivity index (χ1v) is 6.36. The molecule has 0 unspecified atom stereocenters. The first-order chi connectivity index (χ1) is 9.36. The molecule has 0 aliphatic carbocycles. The predicted octanol–water partition coefficient (Wildman–Crippen LogP) is 1.86. The number of benzene rings is 1. The Morgan fingerprint density at radius 2 is 1.95 bits per heavy atom. The lowest BCUT2D eigenvalue weighted by Gasteiger charge is -2.04. The van der Waals surface area contributed by atoms with E-state index in [-0.39, 0.29) is 0 Å². The number of anilines is 1. The molecule has 0 atom stereocenters. The molecule has 0 radical (unpaired) electrons. The van der Waals surface area contributed by atoms with E-state index in [1.165, 1.54) is 11.8 Å². The van der Waals surface area contributed by atoms with Crippen molar-refractivity contribution in [3.8, 4) is 0 Å². The molecule has 2 heterocycles. The molecule has 94 valence electrons. The number of rotatable bonds is 3. The number of hydrogen-bond donors (Lipinski definition) is 2. The number of nitrogen functional groups attached to an aromatic ring is 1. The van der Waals surface area contributed by atoms with Gasteiger partial charge in [-0.05, 0) is 23.9 Å². The fraction of sp³-hybridized carbons (Fsp3) is 0. The molecule has 3 N–H and O–H groups in total. The van der Waals surface area contributed by atoms with Crippen LogP contribution in [-0.4, -0.2) is 19.9 Å². The van der Waals surface area contributed by atoms with E-state index >= 15 is 0 Å². The first-order valence-electron chi connectivity index (χ1n) is 5.54. The number of hydrogen-bond acceptors (Lipinski definition) is 7. The summed E-state index contributed by atoms with van der Waals surface area (Å²) in [6.07, 6.45) is 3.20. The molecular formula is C12H10N6S. The third-order valence-electron chi connectivity index (χ3n) is 2.47. The minimum Gasteiger partial charge on any atom is -0.292 e. The quantitative estimate of drug-likeness (QED) is 0.426. The fourth-order valence-electron chi connectivity index (χ4n) is 1.63. The maximum atomic E-state index is 5.29. The van der Waals surface area contributed by atoms with Gasteiger partial charge in [-0.1, -0.05) is 18.2 Å². The number of para-hydroxylation sites is 1. The van der Waals surface area contributed by atoms with E-state index in [1.807, 2.05) is 30.3 Å². The molecule has 19 heavy (non-hydrogen) atoms. The van der Waals surface area contributed by atoms with Gasteiger partial charge in [-0.25, -0.2) is 25.8 Å². The fourth-order valence-corrected chi connectivity index (χ4v) is 2.47. The molecule has 3 aromatic rings. The van der Waals surface area contributed by atoms with Crippen LogP contribution in [0.5, 0.6) is 0 Å². The van der Waals surface area contributed by atoms with Gasteiger partial charge in [0.15, 0.2) is 0 Å². The van der Waals surface area contributed by atoms with Crippen LogP contribution in [0.25, 0.3) is 10.9 Å². The highest BCUT2D eigenvalue weighted by molar-refractivity contribution is 7.99. The van der Waals surface area contributed by atoms with E-state index in [2.05, 4.69) is 25.4 Å². The highest BCUT2D eigenvalue weighted by Gasteiger charge is 2.06. The lowest BCUT2D eigenvalue weighted by molar-refractivity contribution is 1.02. The van der Waals surface area contributed by atoms with Crippen molar-refractivity contribution >= 4 is 28.6 Å².